The molecule has 8 nitrogen and oxygen atoms in total. The standard InChI is InChI=1S/C19H23N7O/c1-14-5-7-20-16(13-14)24-9-11-25(12-10-24)19(27)17-15(2)22-23(3)18(17)26-8-4-6-21-26/h4-8,13H,9-12H2,1-3H3. The second-order valence-electron chi connectivity index (χ2n) is 6.83. The van der Waals surface area contributed by atoms with Crippen molar-refractivity contribution in [2.75, 3.05) is 31.1 Å². The first-order valence-corrected chi connectivity index (χ1v) is 9.05. The first-order chi connectivity index (χ1) is 13.0. The molecule has 1 amide bonds. The zero-order valence-electron chi connectivity index (χ0n) is 15.8. The number of anilines is 1. The minimum atomic E-state index is 0.00273. The van der Waals surface area contributed by atoms with E-state index in [1.807, 2.05) is 43.4 Å². The molecule has 0 atom stereocenters. The molecule has 140 valence electrons. The number of carbonyl (C=O) groups is 1. The molecular formula is C19H23N7O. The van der Waals surface area contributed by atoms with Crippen LogP contribution < -0.4 is 4.90 Å². The Kier molecular flexibility index (Phi) is 4.39. The zero-order chi connectivity index (χ0) is 19.0. The maximum Gasteiger partial charge on any atom is 0.259 e. The van der Waals surface area contributed by atoms with Gasteiger partial charge >= 0.3 is 0 Å². The van der Waals surface area contributed by atoms with Gasteiger partial charge in [-0.05, 0) is 37.6 Å². The van der Waals surface area contributed by atoms with Crippen molar-refractivity contribution >= 4 is 11.7 Å². The van der Waals surface area contributed by atoms with E-state index in [9.17, 15) is 4.79 Å². The SMILES string of the molecule is Cc1ccnc(N2CCN(C(=O)c3c(C)nn(C)c3-n3cccn3)CC2)c1. The van der Waals surface area contributed by atoms with Gasteiger partial charge in [0.15, 0.2) is 5.82 Å². The Bertz CT molecular complexity index is 953. The minimum absolute atomic E-state index is 0.00273. The van der Waals surface area contributed by atoms with Crippen molar-refractivity contribution in [1.29, 1.82) is 0 Å². The van der Waals surface area contributed by atoms with Crippen molar-refractivity contribution in [2.45, 2.75) is 13.8 Å². The molecule has 8 heteroatoms. The van der Waals surface area contributed by atoms with Crippen LogP contribution in [0.25, 0.3) is 5.82 Å². The molecule has 1 fully saturated rings. The molecule has 4 heterocycles. The molecule has 1 saturated heterocycles. The summed E-state index contributed by atoms with van der Waals surface area (Å²) >= 11 is 0. The topological polar surface area (TPSA) is 72.1 Å². The average Bonchev–Trinajstić information content (AvgIpc) is 3.28. The summed E-state index contributed by atoms with van der Waals surface area (Å²) in [6.45, 7) is 6.76. The molecule has 0 aromatic carbocycles. The quantitative estimate of drug-likeness (QED) is 0.705. The summed E-state index contributed by atoms with van der Waals surface area (Å²) in [7, 11) is 1.84. The molecule has 1 aliphatic rings. The van der Waals surface area contributed by atoms with E-state index in [-0.39, 0.29) is 5.91 Å². The predicted molar refractivity (Wildman–Crippen MR) is 102 cm³/mol. The van der Waals surface area contributed by atoms with E-state index >= 15 is 0 Å². The number of amides is 1. The zero-order valence-corrected chi connectivity index (χ0v) is 15.8. The fourth-order valence-corrected chi connectivity index (χ4v) is 3.54. The number of pyridine rings is 1. The van der Waals surface area contributed by atoms with Gasteiger partial charge in [-0.1, -0.05) is 0 Å². The summed E-state index contributed by atoms with van der Waals surface area (Å²) in [5, 5.41) is 8.72. The molecule has 3 aromatic heterocycles. The summed E-state index contributed by atoms with van der Waals surface area (Å²) in [4.78, 5) is 21.8. The van der Waals surface area contributed by atoms with Gasteiger partial charge in [0.2, 0.25) is 0 Å². The first-order valence-electron chi connectivity index (χ1n) is 9.05. The number of rotatable bonds is 3. The number of hydrogen-bond donors (Lipinski definition) is 0. The number of aryl methyl sites for hydroxylation is 3. The molecule has 0 unspecified atom stereocenters. The monoisotopic (exact) mass is 365 g/mol. The Balaban J connectivity index is 1.54. The summed E-state index contributed by atoms with van der Waals surface area (Å²) in [6, 6.07) is 5.91. The molecule has 0 aliphatic carbocycles. The number of piperazine rings is 1. The lowest BCUT2D eigenvalue weighted by Crippen LogP contribution is -2.49. The first kappa shape index (κ1) is 17.3. The van der Waals surface area contributed by atoms with E-state index in [1.54, 1.807) is 15.6 Å². The summed E-state index contributed by atoms with van der Waals surface area (Å²) < 4.78 is 3.41. The van der Waals surface area contributed by atoms with E-state index in [0.717, 1.165) is 24.6 Å². The van der Waals surface area contributed by atoms with Crippen LogP contribution in [0.15, 0.2) is 36.8 Å². The Hall–Kier alpha value is -3.16. The number of hydrogen-bond acceptors (Lipinski definition) is 5. The van der Waals surface area contributed by atoms with Crippen molar-refractivity contribution in [3.63, 3.8) is 0 Å². The summed E-state index contributed by atoms with van der Waals surface area (Å²) in [6.07, 6.45) is 5.36. The van der Waals surface area contributed by atoms with Crippen LogP contribution in [0.2, 0.25) is 0 Å². The van der Waals surface area contributed by atoms with E-state index in [1.165, 1.54) is 5.56 Å². The van der Waals surface area contributed by atoms with Crippen LogP contribution >= 0.6 is 0 Å². The predicted octanol–water partition coefficient (Wildman–Crippen LogP) is 1.58. The largest absolute Gasteiger partial charge is 0.353 e. The maximum atomic E-state index is 13.2. The highest BCUT2D eigenvalue weighted by atomic mass is 16.2. The van der Waals surface area contributed by atoms with Crippen LogP contribution in [0.1, 0.15) is 21.6 Å². The van der Waals surface area contributed by atoms with Gasteiger partial charge in [-0.25, -0.2) is 14.3 Å². The lowest BCUT2D eigenvalue weighted by molar-refractivity contribution is 0.0745. The van der Waals surface area contributed by atoms with E-state index < -0.39 is 0 Å². The smallest absolute Gasteiger partial charge is 0.259 e. The molecule has 3 aromatic rings. The van der Waals surface area contributed by atoms with Crippen LogP contribution in [0.4, 0.5) is 5.82 Å². The number of aromatic nitrogens is 5. The Morgan fingerprint density at radius 2 is 1.89 bits per heavy atom. The van der Waals surface area contributed by atoms with Gasteiger partial charge in [0.1, 0.15) is 11.4 Å². The van der Waals surface area contributed by atoms with Crippen LogP contribution in [-0.2, 0) is 7.05 Å². The highest BCUT2D eigenvalue weighted by molar-refractivity contribution is 5.98. The van der Waals surface area contributed by atoms with E-state index in [4.69, 9.17) is 0 Å². The molecule has 27 heavy (non-hydrogen) atoms. The van der Waals surface area contributed by atoms with E-state index in [0.29, 0.717) is 24.5 Å². The van der Waals surface area contributed by atoms with Gasteiger partial charge in [-0.3, -0.25) is 4.79 Å². The lowest BCUT2D eigenvalue weighted by Gasteiger charge is -2.35. The van der Waals surface area contributed by atoms with Gasteiger partial charge < -0.3 is 9.80 Å². The normalized spacial score (nSPS) is 14.6. The lowest BCUT2D eigenvalue weighted by atomic mass is 10.2. The molecule has 1 aliphatic heterocycles. The minimum Gasteiger partial charge on any atom is -0.353 e. The van der Waals surface area contributed by atoms with Gasteiger partial charge in [0, 0.05) is 51.8 Å². The molecule has 0 bridgehead atoms. The Labute approximate surface area is 158 Å². The molecule has 0 saturated carbocycles. The second kappa shape index (κ2) is 6.86. The molecular weight excluding hydrogens is 342 g/mol. The fraction of sp³-hybridized carbons (Fsp3) is 0.368. The van der Waals surface area contributed by atoms with Crippen molar-refractivity contribution in [1.82, 2.24) is 29.4 Å². The highest BCUT2D eigenvalue weighted by Gasteiger charge is 2.29. The van der Waals surface area contributed by atoms with Crippen molar-refractivity contribution in [3.8, 4) is 5.82 Å². The Morgan fingerprint density at radius 3 is 2.56 bits per heavy atom. The molecule has 4 rings (SSSR count). The molecule has 0 N–H and O–H groups in total. The van der Waals surface area contributed by atoms with Gasteiger partial charge in [-0.2, -0.15) is 10.2 Å². The highest BCUT2D eigenvalue weighted by Crippen LogP contribution is 2.21. The summed E-state index contributed by atoms with van der Waals surface area (Å²) in [5.41, 5.74) is 2.52. The third kappa shape index (κ3) is 3.18. The second-order valence-corrected chi connectivity index (χ2v) is 6.83. The van der Waals surface area contributed by atoms with Crippen molar-refractivity contribution in [2.24, 2.45) is 7.05 Å². The van der Waals surface area contributed by atoms with Gasteiger partial charge in [-0.15, -0.1) is 0 Å². The number of nitrogens with zero attached hydrogens (tertiary/aromatic N) is 7. The van der Waals surface area contributed by atoms with Gasteiger partial charge in [0.25, 0.3) is 5.91 Å². The van der Waals surface area contributed by atoms with Gasteiger partial charge in [0.05, 0.1) is 5.69 Å². The van der Waals surface area contributed by atoms with Crippen molar-refractivity contribution < 1.29 is 4.79 Å². The average molecular weight is 365 g/mol. The van der Waals surface area contributed by atoms with Crippen LogP contribution in [0.5, 0.6) is 0 Å². The molecule has 0 spiro atoms. The third-order valence-electron chi connectivity index (χ3n) is 4.92. The van der Waals surface area contributed by atoms with Crippen molar-refractivity contribution in [3.05, 3.63) is 53.6 Å². The van der Waals surface area contributed by atoms with Crippen LogP contribution in [0.3, 0.4) is 0 Å². The van der Waals surface area contributed by atoms with Crippen LogP contribution in [0, 0.1) is 13.8 Å². The number of carbonyl (C=O) groups excluding carboxylic acids is 1. The maximum absolute atomic E-state index is 13.2. The fourth-order valence-electron chi connectivity index (χ4n) is 3.54. The van der Waals surface area contributed by atoms with E-state index in [2.05, 4.69) is 33.1 Å². The third-order valence-corrected chi connectivity index (χ3v) is 4.92. The molecule has 0 radical (unpaired) electrons. The van der Waals surface area contributed by atoms with Crippen LogP contribution in [-0.4, -0.2) is 61.5 Å². The summed E-state index contributed by atoms with van der Waals surface area (Å²) in [5.74, 6) is 1.67. The Morgan fingerprint density at radius 1 is 1.11 bits per heavy atom.